The quantitative estimate of drug-likeness (QED) is 0.601. The summed E-state index contributed by atoms with van der Waals surface area (Å²) in [5, 5.41) is 5.54. The van der Waals surface area contributed by atoms with Crippen LogP contribution >= 0.6 is 0 Å². The van der Waals surface area contributed by atoms with Crippen LogP contribution in [0.2, 0.25) is 0 Å². The molecule has 3 aromatic rings. The van der Waals surface area contributed by atoms with Gasteiger partial charge in [0.15, 0.2) is 0 Å². The van der Waals surface area contributed by atoms with Gasteiger partial charge in [0.25, 0.3) is 0 Å². The molecular formula is C22H23N. The number of benzene rings is 3. The molecule has 3 aromatic carbocycles. The molecule has 0 radical (unpaired) electrons. The van der Waals surface area contributed by atoms with Gasteiger partial charge in [-0.2, -0.15) is 0 Å². The molecule has 3 saturated heterocycles. The summed E-state index contributed by atoms with van der Waals surface area (Å²) in [5.41, 5.74) is 1.53. The highest BCUT2D eigenvalue weighted by molar-refractivity contribution is 5.99. The Kier molecular flexibility index (Phi) is 3.16. The van der Waals surface area contributed by atoms with Crippen molar-refractivity contribution in [3.8, 4) is 0 Å². The van der Waals surface area contributed by atoms with Crippen molar-refractivity contribution in [1.82, 2.24) is 4.90 Å². The summed E-state index contributed by atoms with van der Waals surface area (Å²) in [6.45, 7) is 2.64. The molecule has 6 rings (SSSR count). The van der Waals surface area contributed by atoms with E-state index in [1.165, 1.54) is 65.9 Å². The lowest BCUT2D eigenvalue weighted by molar-refractivity contribution is 0.0500. The van der Waals surface area contributed by atoms with E-state index < -0.39 is 0 Å². The first-order valence-corrected chi connectivity index (χ1v) is 9.01. The van der Waals surface area contributed by atoms with Gasteiger partial charge in [-0.15, -0.1) is 0 Å². The molecule has 116 valence electrons. The molecule has 3 aliphatic rings. The first-order valence-electron chi connectivity index (χ1n) is 9.01. The molecule has 3 aliphatic heterocycles. The molecule has 2 bridgehead atoms. The van der Waals surface area contributed by atoms with Crippen LogP contribution in [0, 0.1) is 5.92 Å². The lowest BCUT2D eigenvalue weighted by Gasteiger charge is -2.45. The molecule has 1 unspecified atom stereocenters. The van der Waals surface area contributed by atoms with Gasteiger partial charge in [0, 0.05) is 6.04 Å². The third-order valence-corrected chi connectivity index (χ3v) is 6.06. The van der Waals surface area contributed by atoms with E-state index in [4.69, 9.17) is 0 Å². The Balaban J connectivity index is 1.57. The maximum atomic E-state index is 2.74. The third kappa shape index (κ3) is 2.35. The van der Waals surface area contributed by atoms with E-state index in [0.717, 1.165) is 12.0 Å². The smallest absolute Gasteiger partial charge is 0.0138 e. The first-order chi connectivity index (χ1) is 11.4. The topological polar surface area (TPSA) is 3.24 Å². The SMILES string of the molecule is c1ccc2cc3c(CC4CC5CCN4CC5)cccc3cc2c1. The fourth-order valence-electron chi connectivity index (χ4n) is 4.76. The van der Waals surface area contributed by atoms with Gasteiger partial charge in [-0.05, 0) is 83.9 Å². The van der Waals surface area contributed by atoms with E-state index in [0.29, 0.717) is 0 Å². The van der Waals surface area contributed by atoms with Crippen molar-refractivity contribution in [1.29, 1.82) is 0 Å². The van der Waals surface area contributed by atoms with Gasteiger partial charge in [0.2, 0.25) is 0 Å². The lowest BCUT2D eigenvalue weighted by Crippen LogP contribution is -2.49. The summed E-state index contributed by atoms with van der Waals surface area (Å²) < 4.78 is 0. The molecule has 3 heterocycles. The highest BCUT2D eigenvalue weighted by atomic mass is 15.2. The van der Waals surface area contributed by atoms with Crippen LogP contribution in [0.1, 0.15) is 24.8 Å². The van der Waals surface area contributed by atoms with Crippen molar-refractivity contribution in [2.75, 3.05) is 13.1 Å². The number of nitrogens with zero attached hydrogens (tertiary/aromatic N) is 1. The van der Waals surface area contributed by atoms with E-state index in [1.54, 1.807) is 0 Å². The van der Waals surface area contributed by atoms with Crippen LogP contribution in [-0.2, 0) is 6.42 Å². The minimum atomic E-state index is 0.763. The molecule has 1 nitrogen and oxygen atoms in total. The summed E-state index contributed by atoms with van der Waals surface area (Å²) in [6, 6.07) is 21.1. The zero-order chi connectivity index (χ0) is 15.2. The molecule has 3 fully saturated rings. The van der Waals surface area contributed by atoms with Crippen LogP contribution in [-0.4, -0.2) is 24.0 Å². The highest BCUT2D eigenvalue weighted by Crippen LogP contribution is 2.35. The maximum Gasteiger partial charge on any atom is 0.0138 e. The Hall–Kier alpha value is -1.86. The minimum Gasteiger partial charge on any atom is -0.300 e. The molecule has 0 spiro atoms. The first kappa shape index (κ1) is 13.6. The molecular weight excluding hydrogens is 278 g/mol. The standard InChI is InChI=1S/C22H23N/c1-2-5-18-15-22-19(13-17(18)4-1)6-3-7-20(22)14-21-12-16-8-10-23(21)11-9-16/h1-7,13,15-16,21H,8-12,14H2. The largest absolute Gasteiger partial charge is 0.300 e. The summed E-state index contributed by atoms with van der Waals surface area (Å²) in [5.74, 6) is 0.987. The van der Waals surface area contributed by atoms with Crippen molar-refractivity contribution in [2.45, 2.75) is 31.7 Å². The van der Waals surface area contributed by atoms with E-state index in [-0.39, 0.29) is 0 Å². The van der Waals surface area contributed by atoms with E-state index >= 15 is 0 Å². The molecule has 23 heavy (non-hydrogen) atoms. The van der Waals surface area contributed by atoms with Crippen molar-refractivity contribution >= 4 is 21.5 Å². The molecule has 0 N–H and O–H groups in total. The molecule has 0 amide bonds. The van der Waals surface area contributed by atoms with Gasteiger partial charge in [0.1, 0.15) is 0 Å². The Morgan fingerprint density at radius 2 is 1.57 bits per heavy atom. The fourth-order valence-corrected chi connectivity index (χ4v) is 4.76. The van der Waals surface area contributed by atoms with E-state index in [1.807, 2.05) is 0 Å². The monoisotopic (exact) mass is 301 g/mol. The van der Waals surface area contributed by atoms with Crippen LogP contribution < -0.4 is 0 Å². The number of fused-ring (bicyclic) bond motifs is 5. The normalized spacial score (nSPS) is 26.9. The fraction of sp³-hybridized carbons (Fsp3) is 0.364. The third-order valence-electron chi connectivity index (χ3n) is 6.06. The van der Waals surface area contributed by atoms with Gasteiger partial charge in [-0.25, -0.2) is 0 Å². The maximum absolute atomic E-state index is 2.74. The van der Waals surface area contributed by atoms with Crippen molar-refractivity contribution in [2.24, 2.45) is 5.92 Å². The minimum absolute atomic E-state index is 0.763. The molecule has 1 atom stereocenters. The van der Waals surface area contributed by atoms with E-state index in [2.05, 4.69) is 59.5 Å². The van der Waals surface area contributed by atoms with Crippen LogP contribution in [0.4, 0.5) is 0 Å². The van der Waals surface area contributed by atoms with Gasteiger partial charge >= 0.3 is 0 Å². The second-order valence-electron chi connectivity index (χ2n) is 7.41. The predicted octanol–water partition coefficient (Wildman–Crippen LogP) is 5.02. The summed E-state index contributed by atoms with van der Waals surface area (Å²) in [6.07, 6.45) is 5.48. The predicted molar refractivity (Wildman–Crippen MR) is 97.9 cm³/mol. The average Bonchev–Trinajstić information content (AvgIpc) is 2.61. The molecule has 1 heteroatoms. The molecule has 0 saturated carbocycles. The summed E-state index contributed by atoms with van der Waals surface area (Å²) in [4.78, 5) is 2.74. The molecule has 0 aliphatic carbocycles. The van der Waals surface area contributed by atoms with Gasteiger partial charge in [-0.1, -0.05) is 42.5 Å². The zero-order valence-corrected chi connectivity index (χ0v) is 13.5. The zero-order valence-electron chi connectivity index (χ0n) is 13.5. The average molecular weight is 301 g/mol. The van der Waals surface area contributed by atoms with Crippen LogP contribution in [0.15, 0.2) is 54.6 Å². The highest BCUT2D eigenvalue weighted by Gasteiger charge is 2.33. The Bertz CT molecular complexity index is 858. The van der Waals surface area contributed by atoms with E-state index in [9.17, 15) is 0 Å². The second-order valence-corrected chi connectivity index (χ2v) is 7.41. The number of hydrogen-bond acceptors (Lipinski definition) is 1. The van der Waals surface area contributed by atoms with Crippen molar-refractivity contribution in [3.63, 3.8) is 0 Å². The Labute approximate surface area is 137 Å². The number of piperidine rings is 3. The van der Waals surface area contributed by atoms with Crippen LogP contribution in [0.3, 0.4) is 0 Å². The number of rotatable bonds is 2. The van der Waals surface area contributed by atoms with Gasteiger partial charge < -0.3 is 4.90 Å². The molecule has 0 aromatic heterocycles. The summed E-state index contributed by atoms with van der Waals surface area (Å²) in [7, 11) is 0. The van der Waals surface area contributed by atoms with Crippen LogP contribution in [0.5, 0.6) is 0 Å². The van der Waals surface area contributed by atoms with Gasteiger partial charge in [0.05, 0.1) is 0 Å². The van der Waals surface area contributed by atoms with Crippen LogP contribution in [0.25, 0.3) is 21.5 Å². The Morgan fingerprint density at radius 1 is 0.826 bits per heavy atom. The summed E-state index contributed by atoms with van der Waals surface area (Å²) >= 11 is 0. The van der Waals surface area contributed by atoms with Gasteiger partial charge in [-0.3, -0.25) is 0 Å². The lowest BCUT2D eigenvalue weighted by atomic mass is 9.80. The Morgan fingerprint density at radius 3 is 2.30 bits per heavy atom. The second kappa shape index (κ2) is 5.35. The van der Waals surface area contributed by atoms with Crippen molar-refractivity contribution < 1.29 is 0 Å². The number of hydrogen-bond donors (Lipinski definition) is 0. The van der Waals surface area contributed by atoms with Crippen molar-refractivity contribution in [3.05, 3.63) is 60.2 Å².